The Bertz CT molecular complexity index is 333. The molecule has 0 spiro atoms. The van der Waals surface area contributed by atoms with E-state index in [-0.39, 0.29) is 0 Å². The number of nitrogens with one attached hydrogen (secondary N) is 1. The van der Waals surface area contributed by atoms with Gasteiger partial charge in [0.1, 0.15) is 12.1 Å². The summed E-state index contributed by atoms with van der Waals surface area (Å²) in [5, 5.41) is 2.21. The highest BCUT2D eigenvalue weighted by Crippen LogP contribution is 2.07. The van der Waals surface area contributed by atoms with E-state index < -0.39 is 0 Å². The molecular formula is C11H19N5. The van der Waals surface area contributed by atoms with E-state index in [2.05, 4.69) is 39.3 Å². The lowest BCUT2D eigenvalue weighted by Crippen LogP contribution is -2.47. The van der Waals surface area contributed by atoms with Crippen LogP contribution in [0.1, 0.15) is 12.6 Å². The molecule has 1 N–H and O–H groups in total. The number of hydrogen-bond acceptors (Lipinski definition) is 5. The van der Waals surface area contributed by atoms with Gasteiger partial charge < -0.3 is 10.3 Å². The first-order chi connectivity index (χ1) is 7.78. The van der Waals surface area contributed by atoms with E-state index in [1.54, 1.807) is 6.33 Å². The van der Waals surface area contributed by atoms with Gasteiger partial charge in [-0.15, -0.1) is 0 Å². The number of aromatic nitrogens is 2. The minimum atomic E-state index is 0.899. The molecule has 5 nitrogen and oxygen atoms in total. The second-order valence-corrected chi connectivity index (χ2v) is 4.15. The highest BCUT2D eigenvalue weighted by atomic mass is 15.5. The molecule has 0 radical (unpaired) electrons. The van der Waals surface area contributed by atoms with Crippen LogP contribution in [-0.2, 0) is 6.42 Å². The Kier molecular flexibility index (Phi) is 3.69. The maximum Gasteiger partial charge on any atom is 0.143 e. The predicted molar refractivity (Wildman–Crippen MR) is 64.1 cm³/mol. The third kappa shape index (κ3) is 2.90. The monoisotopic (exact) mass is 221 g/mol. The average Bonchev–Trinajstić information content (AvgIpc) is 2.32. The largest absolute Gasteiger partial charge is 0.304 e. The minimum Gasteiger partial charge on any atom is -0.304 e. The van der Waals surface area contributed by atoms with Crippen molar-refractivity contribution in [2.75, 3.05) is 38.7 Å². The zero-order chi connectivity index (χ0) is 11.4. The van der Waals surface area contributed by atoms with E-state index >= 15 is 0 Å². The third-order valence-corrected chi connectivity index (χ3v) is 2.86. The molecule has 1 saturated heterocycles. The topological polar surface area (TPSA) is 44.3 Å². The molecule has 0 aliphatic carbocycles. The Hall–Kier alpha value is -1.20. The molecule has 2 heterocycles. The number of hydrogen-bond donors (Lipinski definition) is 1. The normalized spacial score (nSPS) is 18.6. The van der Waals surface area contributed by atoms with Crippen molar-refractivity contribution >= 4 is 5.82 Å². The number of nitrogens with zero attached hydrogens (tertiary/aromatic N) is 4. The fourth-order valence-electron chi connectivity index (χ4n) is 1.73. The summed E-state index contributed by atoms with van der Waals surface area (Å²) in [5.74, 6) is 0.899. The van der Waals surface area contributed by atoms with Gasteiger partial charge >= 0.3 is 0 Å². The van der Waals surface area contributed by atoms with Crippen LogP contribution < -0.4 is 5.43 Å². The van der Waals surface area contributed by atoms with Crippen LogP contribution in [0.2, 0.25) is 0 Å². The highest BCUT2D eigenvalue weighted by molar-refractivity contribution is 5.33. The summed E-state index contributed by atoms with van der Waals surface area (Å²) < 4.78 is 0. The van der Waals surface area contributed by atoms with E-state index in [1.807, 2.05) is 6.07 Å². The molecular weight excluding hydrogens is 202 g/mol. The van der Waals surface area contributed by atoms with Gasteiger partial charge in [0.2, 0.25) is 0 Å². The van der Waals surface area contributed by atoms with Crippen molar-refractivity contribution in [1.82, 2.24) is 19.9 Å². The van der Waals surface area contributed by atoms with Crippen LogP contribution in [0.3, 0.4) is 0 Å². The first-order valence-electron chi connectivity index (χ1n) is 5.79. The molecule has 16 heavy (non-hydrogen) atoms. The van der Waals surface area contributed by atoms with E-state index in [0.717, 1.165) is 44.1 Å². The Balaban J connectivity index is 1.93. The molecule has 2 rings (SSSR count). The zero-order valence-corrected chi connectivity index (χ0v) is 9.98. The Morgan fingerprint density at radius 1 is 1.25 bits per heavy atom. The molecule has 1 aromatic rings. The van der Waals surface area contributed by atoms with Gasteiger partial charge in [-0.05, 0) is 13.5 Å². The van der Waals surface area contributed by atoms with Crippen molar-refractivity contribution in [3.05, 3.63) is 18.1 Å². The second kappa shape index (κ2) is 5.23. The molecule has 0 aromatic carbocycles. The number of piperazine rings is 1. The maximum atomic E-state index is 4.22. The number of likely N-dealkylation sites (N-methyl/N-ethyl adjacent to an activating group) is 1. The summed E-state index contributed by atoms with van der Waals surface area (Å²) in [6.45, 7) is 6.35. The van der Waals surface area contributed by atoms with Gasteiger partial charge in [0.15, 0.2) is 0 Å². The van der Waals surface area contributed by atoms with Gasteiger partial charge in [-0.1, -0.05) is 6.92 Å². The van der Waals surface area contributed by atoms with E-state index in [1.165, 1.54) is 0 Å². The van der Waals surface area contributed by atoms with Crippen LogP contribution in [0.25, 0.3) is 0 Å². The molecule has 5 heteroatoms. The first kappa shape index (κ1) is 11.3. The fraction of sp³-hybridized carbons (Fsp3) is 0.636. The standard InChI is InChI=1S/C11H19N5/c1-3-10-8-11(13-9-12-10)14-16-6-4-15(2)5-7-16/h8-9H,3-7H2,1-2H3,(H,12,13,14). The predicted octanol–water partition coefficient (Wildman–Crippen LogP) is 0.613. The average molecular weight is 221 g/mol. The Morgan fingerprint density at radius 3 is 2.69 bits per heavy atom. The number of hydrazine groups is 1. The Labute approximate surface area is 96.5 Å². The van der Waals surface area contributed by atoms with Crippen LogP contribution in [0, 0.1) is 0 Å². The van der Waals surface area contributed by atoms with Crippen LogP contribution >= 0.6 is 0 Å². The van der Waals surface area contributed by atoms with Crippen molar-refractivity contribution in [2.24, 2.45) is 0 Å². The van der Waals surface area contributed by atoms with E-state index in [0.29, 0.717) is 0 Å². The summed E-state index contributed by atoms with van der Waals surface area (Å²) >= 11 is 0. The summed E-state index contributed by atoms with van der Waals surface area (Å²) in [7, 11) is 2.15. The van der Waals surface area contributed by atoms with Crippen LogP contribution in [0.5, 0.6) is 0 Å². The number of aryl methyl sites for hydroxylation is 1. The van der Waals surface area contributed by atoms with Gasteiger partial charge in [-0.3, -0.25) is 0 Å². The molecule has 88 valence electrons. The quantitative estimate of drug-likeness (QED) is 0.810. The lowest BCUT2D eigenvalue weighted by molar-refractivity contribution is 0.178. The lowest BCUT2D eigenvalue weighted by Gasteiger charge is -2.32. The van der Waals surface area contributed by atoms with Gasteiger partial charge in [-0.2, -0.15) is 0 Å². The van der Waals surface area contributed by atoms with Crippen molar-refractivity contribution in [3.8, 4) is 0 Å². The summed E-state index contributed by atoms with van der Waals surface area (Å²) in [6, 6.07) is 2.01. The minimum absolute atomic E-state index is 0.899. The van der Waals surface area contributed by atoms with Crippen molar-refractivity contribution in [2.45, 2.75) is 13.3 Å². The van der Waals surface area contributed by atoms with Gasteiger partial charge in [0, 0.05) is 37.9 Å². The number of anilines is 1. The van der Waals surface area contributed by atoms with E-state index in [4.69, 9.17) is 0 Å². The smallest absolute Gasteiger partial charge is 0.143 e. The molecule has 1 fully saturated rings. The molecule has 0 amide bonds. The lowest BCUT2D eigenvalue weighted by atomic mass is 10.3. The van der Waals surface area contributed by atoms with Crippen LogP contribution in [-0.4, -0.2) is 53.1 Å². The third-order valence-electron chi connectivity index (χ3n) is 2.86. The molecule has 1 aliphatic heterocycles. The fourth-order valence-corrected chi connectivity index (χ4v) is 1.73. The molecule has 1 aromatic heterocycles. The first-order valence-corrected chi connectivity index (χ1v) is 5.79. The SMILES string of the molecule is CCc1cc(NN2CCN(C)CC2)ncn1. The summed E-state index contributed by atoms with van der Waals surface area (Å²) in [4.78, 5) is 10.7. The highest BCUT2D eigenvalue weighted by Gasteiger charge is 2.13. The molecule has 1 aliphatic rings. The number of rotatable bonds is 3. The molecule has 0 bridgehead atoms. The zero-order valence-electron chi connectivity index (χ0n) is 9.98. The van der Waals surface area contributed by atoms with Crippen LogP contribution in [0.4, 0.5) is 5.82 Å². The van der Waals surface area contributed by atoms with Gasteiger partial charge in [0.05, 0.1) is 0 Å². The summed E-state index contributed by atoms with van der Waals surface area (Å²) in [5.41, 5.74) is 4.41. The molecule has 0 atom stereocenters. The Morgan fingerprint density at radius 2 is 2.00 bits per heavy atom. The van der Waals surface area contributed by atoms with Crippen molar-refractivity contribution in [1.29, 1.82) is 0 Å². The second-order valence-electron chi connectivity index (χ2n) is 4.15. The van der Waals surface area contributed by atoms with E-state index in [9.17, 15) is 0 Å². The maximum absolute atomic E-state index is 4.22. The van der Waals surface area contributed by atoms with Crippen molar-refractivity contribution in [3.63, 3.8) is 0 Å². The molecule has 0 unspecified atom stereocenters. The van der Waals surface area contributed by atoms with Crippen LogP contribution in [0.15, 0.2) is 12.4 Å². The van der Waals surface area contributed by atoms with Gasteiger partial charge in [0.25, 0.3) is 0 Å². The van der Waals surface area contributed by atoms with Gasteiger partial charge in [-0.25, -0.2) is 15.0 Å². The summed E-state index contributed by atoms with van der Waals surface area (Å²) in [6.07, 6.45) is 2.57. The molecule has 0 saturated carbocycles. The van der Waals surface area contributed by atoms with Crippen molar-refractivity contribution < 1.29 is 0 Å².